The number of hydroxylamine groups is 1. The number of hydrogen-bond donors (Lipinski definition) is 3. The van der Waals surface area contributed by atoms with Gasteiger partial charge in [0.2, 0.25) is 5.96 Å². The van der Waals surface area contributed by atoms with Gasteiger partial charge in [-0.3, -0.25) is 5.21 Å². The molecule has 0 saturated heterocycles. The lowest BCUT2D eigenvalue weighted by atomic mass is 10.2. The fourth-order valence-electron chi connectivity index (χ4n) is 0.902. The largest absolute Gasteiger partial charge is 0.497 e. The van der Waals surface area contributed by atoms with Gasteiger partial charge < -0.3 is 10.5 Å². The average Bonchev–Trinajstić information content (AvgIpc) is 2.29. The summed E-state index contributed by atoms with van der Waals surface area (Å²) in [7, 11) is 1.59. The molecule has 0 fully saturated rings. The first-order chi connectivity index (χ1) is 7.26. The number of rotatable bonds is 3. The van der Waals surface area contributed by atoms with Crippen LogP contribution in [-0.4, -0.2) is 24.5 Å². The molecule has 0 spiro atoms. The number of benzene rings is 1. The van der Waals surface area contributed by atoms with Crippen LogP contribution in [0.5, 0.6) is 5.75 Å². The Morgan fingerprint density at radius 3 is 3.07 bits per heavy atom. The highest BCUT2D eigenvalue weighted by Gasteiger charge is 1.91. The third-order valence-corrected chi connectivity index (χ3v) is 1.58. The minimum Gasteiger partial charge on any atom is -0.497 e. The molecule has 6 heteroatoms. The fourth-order valence-corrected chi connectivity index (χ4v) is 0.902. The summed E-state index contributed by atoms with van der Waals surface area (Å²) in [5.74, 6) is 0.560. The summed E-state index contributed by atoms with van der Waals surface area (Å²) in [4.78, 5) is 0. The smallest absolute Gasteiger partial charge is 0.237 e. The summed E-state index contributed by atoms with van der Waals surface area (Å²) in [6, 6.07) is 7.29. The molecule has 0 aromatic heterocycles. The highest BCUT2D eigenvalue weighted by atomic mass is 16.5. The van der Waals surface area contributed by atoms with Gasteiger partial charge in [-0.2, -0.15) is 5.10 Å². The van der Waals surface area contributed by atoms with Crippen LogP contribution in [0.25, 0.3) is 0 Å². The van der Waals surface area contributed by atoms with Gasteiger partial charge in [0.25, 0.3) is 0 Å². The predicted molar refractivity (Wildman–Crippen MR) is 57.1 cm³/mol. The summed E-state index contributed by atoms with van der Waals surface area (Å²) < 4.78 is 5.03. The molecule has 1 aromatic rings. The van der Waals surface area contributed by atoms with Crippen LogP contribution in [0.1, 0.15) is 5.56 Å². The van der Waals surface area contributed by atoms with Crippen LogP contribution < -0.4 is 16.0 Å². The van der Waals surface area contributed by atoms with E-state index in [4.69, 9.17) is 15.7 Å². The fraction of sp³-hybridized carbons (Fsp3) is 0.111. The van der Waals surface area contributed by atoms with Crippen molar-refractivity contribution in [3.05, 3.63) is 29.8 Å². The monoisotopic (exact) mass is 208 g/mol. The molecule has 15 heavy (non-hydrogen) atoms. The molecule has 1 aromatic carbocycles. The molecule has 0 unspecified atom stereocenters. The summed E-state index contributed by atoms with van der Waals surface area (Å²) in [6.07, 6.45) is 1.49. The zero-order chi connectivity index (χ0) is 11.1. The lowest BCUT2D eigenvalue weighted by Gasteiger charge is -1.98. The Hall–Kier alpha value is -2.08. The second-order valence-electron chi connectivity index (χ2n) is 2.62. The topological polar surface area (TPSA) is 92.2 Å². The lowest BCUT2D eigenvalue weighted by Crippen LogP contribution is -2.27. The van der Waals surface area contributed by atoms with Gasteiger partial charge in [0.1, 0.15) is 5.75 Å². The minimum atomic E-state index is -0.172. The number of nitrogens with zero attached hydrogens (tertiary/aromatic N) is 2. The molecule has 1 rings (SSSR count). The highest BCUT2D eigenvalue weighted by molar-refractivity contribution is 5.82. The van der Waals surface area contributed by atoms with Crippen molar-refractivity contribution in [1.29, 1.82) is 0 Å². The van der Waals surface area contributed by atoms with Crippen LogP contribution in [0.4, 0.5) is 0 Å². The summed E-state index contributed by atoms with van der Waals surface area (Å²) in [6.45, 7) is 0. The van der Waals surface area contributed by atoms with E-state index in [1.807, 2.05) is 18.2 Å². The number of nitrogens with one attached hydrogen (secondary N) is 1. The molecule has 0 aliphatic carbocycles. The van der Waals surface area contributed by atoms with Crippen molar-refractivity contribution in [3.8, 4) is 5.75 Å². The Bertz CT molecular complexity index is 376. The van der Waals surface area contributed by atoms with E-state index in [2.05, 4.69) is 10.2 Å². The molecule has 0 aliphatic rings. The molecule has 0 bridgehead atoms. The van der Waals surface area contributed by atoms with Gasteiger partial charge in [-0.1, -0.05) is 12.1 Å². The van der Waals surface area contributed by atoms with E-state index in [-0.39, 0.29) is 5.96 Å². The van der Waals surface area contributed by atoms with Crippen LogP contribution in [0, 0.1) is 0 Å². The first kappa shape index (κ1) is 11.0. The Morgan fingerprint density at radius 1 is 1.60 bits per heavy atom. The number of nitrogens with two attached hydrogens (primary N) is 1. The maximum absolute atomic E-state index is 8.31. The average molecular weight is 208 g/mol. The second kappa shape index (κ2) is 5.61. The van der Waals surface area contributed by atoms with E-state index in [1.165, 1.54) is 6.21 Å². The van der Waals surface area contributed by atoms with Crippen LogP contribution in [0.15, 0.2) is 34.5 Å². The van der Waals surface area contributed by atoms with Gasteiger partial charge in [-0.05, 0) is 17.7 Å². The van der Waals surface area contributed by atoms with Gasteiger partial charge in [0.15, 0.2) is 0 Å². The molecule has 0 aliphatic heterocycles. The van der Waals surface area contributed by atoms with E-state index >= 15 is 0 Å². The van der Waals surface area contributed by atoms with E-state index < -0.39 is 0 Å². The van der Waals surface area contributed by atoms with Gasteiger partial charge in [0.05, 0.1) is 13.3 Å². The van der Waals surface area contributed by atoms with E-state index in [1.54, 1.807) is 18.7 Å². The van der Waals surface area contributed by atoms with Gasteiger partial charge in [0, 0.05) is 0 Å². The minimum absolute atomic E-state index is 0.172. The quantitative estimate of drug-likeness (QED) is 0.379. The van der Waals surface area contributed by atoms with Crippen molar-refractivity contribution in [3.63, 3.8) is 0 Å². The lowest BCUT2D eigenvalue weighted by molar-refractivity contribution is 0.232. The Kier molecular flexibility index (Phi) is 4.11. The van der Waals surface area contributed by atoms with Crippen LogP contribution in [-0.2, 0) is 0 Å². The highest BCUT2D eigenvalue weighted by Crippen LogP contribution is 2.10. The van der Waals surface area contributed by atoms with Crippen molar-refractivity contribution >= 4 is 12.2 Å². The number of hydrogen-bond acceptors (Lipinski definition) is 4. The third-order valence-electron chi connectivity index (χ3n) is 1.58. The first-order valence-electron chi connectivity index (χ1n) is 4.17. The second-order valence-corrected chi connectivity index (χ2v) is 2.62. The van der Waals surface area contributed by atoms with Crippen molar-refractivity contribution < 1.29 is 9.94 Å². The van der Waals surface area contributed by atoms with Gasteiger partial charge >= 0.3 is 0 Å². The Morgan fingerprint density at radius 2 is 2.40 bits per heavy atom. The first-order valence-corrected chi connectivity index (χ1v) is 4.17. The van der Waals surface area contributed by atoms with Crippen molar-refractivity contribution in [2.75, 3.05) is 7.11 Å². The molecule has 0 heterocycles. The molecule has 80 valence electrons. The summed E-state index contributed by atoms with van der Waals surface area (Å²) in [5, 5.41) is 15.4. The Labute approximate surface area is 87.0 Å². The van der Waals surface area contributed by atoms with E-state index in [0.29, 0.717) is 0 Å². The molecule has 4 N–H and O–H groups in total. The molecular formula is C9H12N4O2. The standard InChI is InChI=1S/C9H12N4O2/c1-15-8-4-2-3-7(5-8)6-11-12-9(10)13-14/h2-6,14H,1H3,(H3,10,12,13)/b11-6+. The Balaban J connectivity index is 2.72. The molecule has 0 radical (unpaired) electrons. The molecule has 0 saturated carbocycles. The maximum atomic E-state index is 8.31. The van der Waals surface area contributed by atoms with Crippen LogP contribution in [0.2, 0.25) is 0 Å². The third kappa shape index (κ3) is 3.65. The van der Waals surface area contributed by atoms with E-state index in [9.17, 15) is 0 Å². The molecular weight excluding hydrogens is 196 g/mol. The van der Waals surface area contributed by atoms with E-state index in [0.717, 1.165) is 11.3 Å². The summed E-state index contributed by atoms with van der Waals surface area (Å²) in [5.41, 5.74) is 7.63. The van der Waals surface area contributed by atoms with Crippen molar-refractivity contribution in [1.82, 2.24) is 5.48 Å². The number of ether oxygens (including phenoxy) is 1. The normalized spacial score (nSPS) is 11.7. The zero-order valence-corrected chi connectivity index (χ0v) is 8.21. The van der Waals surface area contributed by atoms with Gasteiger partial charge in [-0.15, -0.1) is 5.10 Å². The van der Waals surface area contributed by atoms with Crippen molar-refractivity contribution in [2.24, 2.45) is 15.9 Å². The molecule has 6 nitrogen and oxygen atoms in total. The summed E-state index contributed by atoms with van der Waals surface area (Å²) >= 11 is 0. The van der Waals surface area contributed by atoms with Crippen molar-refractivity contribution in [2.45, 2.75) is 0 Å². The molecule has 0 atom stereocenters. The number of guanidine groups is 1. The SMILES string of the molecule is COc1cccc(/C=N/N=C(N)NO)c1. The maximum Gasteiger partial charge on any atom is 0.237 e. The van der Waals surface area contributed by atoms with Gasteiger partial charge in [-0.25, -0.2) is 5.48 Å². The predicted octanol–water partition coefficient (Wildman–Crippen LogP) is 0.323. The van der Waals surface area contributed by atoms with Crippen LogP contribution in [0.3, 0.4) is 0 Å². The van der Waals surface area contributed by atoms with Crippen LogP contribution >= 0.6 is 0 Å². The molecule has 0 amide bonds. The number of methoxy groups -OCH3 is 1. The zero-order valence-electron chi connectivity index (χ0n) is 8.21.